The molecule has 2 N–H and O–H groups in total. The van der Waals surface area contributed by atoms with E-state index in [1.165, 1.54) is 205 Å². The second-order valence-electron chi connectivity index (χ2n) is 34.6. The first-order valence-corrected chi connectivity index (χ1v) is 48.3. The molecule has 8 rings (SSSR count). The number of unbranched alkanes of at least 4 members (excludes halogenated alkanes) is 36. The molecule has 2 aliphatic rings. The number of nitrogens with one attached hydrogen (secondary N) is 2. The SMILES string of the molecule is CCCCCCCCCCCCC(CCCCCCCCCCCC)C(=O)NCC1OC(O[C@H]2OC(CNC(=O)C(CCCCCCCCCCCC)CCCCCCCCCCCC)[C@@H](OCc3ccccc3)[C@@H](OCc3ccccc3)C2OCc2ccccc2)C(OCc2ccccc2)[C@H](OCc2ccccc2)[C@@H]1OCc1ccccc1. The molecule has 119 heavy (non-hydrogen) atoms. The zero-order chi connectivity index (χ0) is 83.3. The largest absolute Gasteiger partial charge is 0.368 e. The number of rotatable bonds is 70. The molecule has 0 aromatic heterocycles. The fourth-order valence-corrected chi connectivity index (χ4v) is 17.2. The number of benzene rings is 6. The van der Waals surface area contributed by atoms with Crippen LogP contribution in [0, 0.1) is 11.8 Å². The minimum Gasteiger partial charge on any atom is -0.368 e. The molecule has 0 bridgehead atoms. The normalized spacial score (nSPS) is 19.4. The minimum absolute atomic E-state index is 0.0352. The maximum Gasteiger partial charge on any atom is 0.223 e. The zero-order valence-electron chi connectivity index (χ0n) is 74.5. The molecule has 13 heteroatoms. The molecule has 5 unspecified atom stereocenters. The van der Waals surface area contributed by atoms with Crippen molar-refractivity contribution in [3.8, 4) is 0 Å². The average Bonchev–Trinajstić information content (AvgIpc) is 0.763. The van der Waals surface area contributed by atoms with Crippen molar-refractivity contribution in [3.63, 3.8) is 0 Å². The van der Waals surface area contributed by atoms with E-state index >= 15 is 9.59 Å². The summed E-state index contributed by atoms with van der Waals surface area (Å²) in [5, 5.41) is 7.08. The quantitative estimate of drug-likeness (QED) is 0.0353. The summed E-state index contributed by atoms with van der Waals surface area (Å²) in [5.74, 6) is -0.264. The van der Waals surface area contributed by atoms with Gasteiger partial charge in [-0.05, 0) is 59.1 Å². The highest BCUT2D eigenvalue weighted by Gasteiger charge is 2.55. The fraction of sp³-hybridized carbons (Fsp3) is 0.642. The number of hydrogen-bond donors (Lipinski definition) is 2. The van der Waals surface area contributed by atoms with Crippen LogP contribution < -0.4 is 10.6 Å². The van der Waals surface area contributed by atoms with Crippen LogP contribution >= 0.6 is 0 Å². The molecule has 2 saturated heterocycles. The van der Waals surface area contributed by atoms with Crippen LogP contribution in [-0.2, 0) is 91.9 Å². The highest BCUT2D eigenvalue weighted by Crippen LogP contribution is 2.38. The van der Waals surface area contributed by atoms with Gasteiger partial charge in [0.2, 0.25) is 11.8 Å². The number of hydrogen-bond acceptors (Lipinski definition) is 11. The maximum absolute atomic E-state index is 15.4. The van der Waals surface area contributed by atoms with Crippen molar-refractivity contribution in [3.05, 3.63) is 215 Å². The molecule has 6 aromatic rings. The van der Waals surface area contributed by atoms with E-state index in [1.807, 2.05) is 109 Å². The van der Waals surface area contributed by atoms with Crippen molar-refractivity contribution in [1.82, 2.24) is 10.6 Å². The number of carbonyl (C=O) groups excluding carboxylic acids is 2. The number of carbonyl (C=O) groups is 2. The first kappa shape index (κ1) is 98.3. The summed E-state index contributed by atoms with van der Waals surface area (Å²) < 4.78 is 67.2. The van der Waals surface area contributed by atoms with Gasteiger partial charge in [0.25, 0.3) is 0 Å². The second-order valence-corrected chi connectivity index (χ2v) is 34.6. The predicted octanol–water partition coefficient (Wildman–Crippen LogP) is 26.7. The van der Waals surface area contributed by atoms with Crippen molar-refractivity contribution in [1.29, 1.82) is 0 Å². The highest BCUT2D eigenvalue weighted by atomic mass is 16.8. The fourth-order valence-electron chi connectivity index (χ4n) is 17.2. The third-order valence-electron chi connectivity index (χ3n) is 24.5. The van der Waals surface area contributed by atoms with Gasteiger partial charge in [0.05, 0.1) is 39.6 Å². The van der Waals surface area contributed by atoms with Gasteiger partial charge in [-0.2, -0.15) is 0 Å². The van der Waals surface area contributed by atoms with Crippen LogP contribution in [0.15, 0.2) is 182 Å². The van der Waals surface area contributed by atoms with Crippen molar-refractivity contribution in [2.24, 2.45) is 11.8 Å². The highest BCUT2D eigenvalue weighted by molar-refractivity contribution is 5.79. The molecule has 660 valence electrons. The van der Waals surface area contributed by atoms with E-state index in [1.54, 1.807) is 0 Å². The van der Waals surface area contributed by atoms with E-state index < -0.39 is 61.4 Å². The Morgan fingerprint density at radius 2 is 0.437 bits per heavy atom. The molecule has 6 aromatic carbocycles. The van der Waals surface area contributed by atoms with Crippen LogP contribution in [0.1, 0.15) is 344 Å². The summed E-state index contributed by atoms with van der Waals surface area (Å²) in [4.78, 5) is 30.9. The summed E-state index contributed by atoms with van der Waals surface area (Å²) in [7, 11) is 0. The monoisotopic (exact) mass is 1640 g/mol. The van der Waals surface area contributed by atoms with Gasteiger partial charge in [-0.25, -0.2) is 0 Å². The molecular formula is C106H160N2O11. The zero-order valence-corrected chi connectivity index (χ0v) is 74.5. The van der Waals surface area contributed by atoms with Gasteiger partial charge in [0.15, 0.2) is 12.6 Å². The van der Waals surface area contributed by atoms with Gasteiger partial charge in [-0.3, -0.25) is 9.59 Å². The van der Waals surface area contributed by atoms with Crippen LogP contribution in [0.4, 0.5) is 0 Å². The summed E-state index contributed by atoms with van der Waals surface area (Å²) in [6.07, 6.45) is 43.4. The lowest BCUT2D eigenvalue weighted by Crippen LogP contribution is -2.67. The molecule has 2 aliphatic heterocycles. The van der Waals surface area contributed by atoms with Gasteiger partial charge in [0.1, 0.15) is 48.8 Å². The standard InChI is InChI=1S/C106H160N2O11/c1-5-9-13-17-21-25-29-33-37-59-75-93(76-60-38-34-30-26-22-18-14-10-6-2)103(109)107-79-95-97(111-81-87-63-47-41-48-64-87)99(113-83-89-67-51-43-52-68-89)101(115-85-91-71-55-45-56-72-91)105(117-95)119-106-102(116-86-92-73-57-46-58-74-92)100(114-84-90-69-53-44-54-70-90)98(112-82-88-65-49-42-50-66-88)96(118-106)80-108-104(110)94(77-61-39-35-31-27-23-19-15-11-7-3)78-62-40-36-32-28-24-20-16-12-8-4/h41-58,63-74,93-102,105-106H,5-40,59-62,75-86H2,1-4H3,(H,107,109)(H,108,110)/t95?,96?,97-,98-,99-,100-,101?,102?,105-,106?/m1/s1. The first-order chi connectivity index (χ1) is 58.8. The number of amides is 2. The van der Waals surface area contributed by atoms with Gasteiger partial charge in [0, 0.05) is 24.9 Å². The van der Waals surface area contributed by atoms with Crippen LogP contribution in [0.3, 0.4) is 0 Å². The van der Waals surface area contributed by atoms with Crippen molar-refractivity contribution in [2.75, 3.05) is 13.1 Å². The summed E-state index contributed by atoms with van der Waals surface area (Å²) in [5.41, 5.74) is 5.79. The third-order valence-corrected chi connectivity index (χ3v) is 24.5. The molecule has 0 radical (unpaired) electrons. The van der Waals surface area contributed by atoms with Crippen LogP contribution in [0.2, 0.25) is 0 Å². The second kappa shape index (κ2) is 63.8. The Kier molecular flexibility index (Phi) is 52.7. The maximum atomic E-state index is 15.4. The average molecular weight is 1640 g/mol. The molecule has 2 heterocycles. The molecule has 10 atom stereocenters. The molecule has 13 nitrogen and oxygen atoms in total. The molecule has 2 amide bonds. The van der Waals surface area contributed by atoms with E-state index in [0.717, 1.165) is 110 Å². The van der Waals surface area contributed by atoms with Crippen molar-refractivity contribution < 1.29 is 52.2 Å². The predicted molar refractivity (Wildman–Crippen MR) is 487 cm³/mol. The van der Waals surface area contributed by atoms with Crippen molar-refractivity contribution in [2.45, 2.75) is 411 Å². The topological polar surface area (TPSA) is 141 Å². The lowest BCUT2D eigenvalue weighted by Gasteiger charge is -2.50. The van der Waals surface area contributed by atoms with E-state index in [-0.39, 0.29) is 76.4 Å². The molecular weight excluding hydrogens is 1480 g/mol. The van der Waals surface area contributed by atoms with E-state index in [9.17, 15) is 0 Å². The third kappa shape index (κ3) is 40.8. The molecule has 0 spiro atoms. The van der Waals surface area contributed by atoms with Gasteiger partial charge in [-0.15, -0.1) is 0 Å². The lowest BCUT2D eigenvalue weighted by atomic mass is 9.92. The van der Waals surface area contributed by atoms with Crippen LogP contribution in [-0.4, -0.2) is 86.3 Å². The molecule has 2 fully saturated rings. The Labute approximate surface area is 722 Å². The van der Waals surface area contributed by atoms with Crippen LogP contribution in [0.5, 0.6) is 0 Å². The summed E-state index contributed by atoms with van der Waals surface area (Å²) in [6.45, 7) is 10.6. The Morgan fingerprint density at radius 1 is 0.252 bits per heavy atom. The lowest BCUT2D eigenvalue weighted by molar-refractivity contribution is -0.390. The Hall–Kier alpha value is -6.10. The van der Waals surface area contributed by atoms with Crippen molar-refractivity contribution >= 4 is 11.8 Å². The van der Waals surface area contributed by atoms with E-state index in [2.05, 4.69) is 111 Å². The molecule has 0 aliphatic carbocycles. The summed E-state index contributed by atoms with van der Waals surface area (Å²) in [6, 6.07) is 61.2. The minimum atomic E-state index is -1.24. The van der Waals surface area contributed by atoms with E-state index in [0.29, 0.717) is 0 Å². The smallest absolute Gasteiger partial charge is 0.223 e. The number of ether oxygens (including phenoxy) is 9. The van der Waals surface area contributed by atoms with Gasteiger partial charge < -0.3 is 53.3 Å². The summed E-state index contributed by atoms with van der Waals surface area (Å²) >= 11 is 0. The first-order valence-electron chi connectivity index (χ1n) is 48.3. The Balaban J connectivity index is 1.16. The van der Waals surface area contributed by atoms with Gasteiger partial charge >= 0.3 is 0 Å². The van der Waals surface area contributed by atoms with Gasteiger partial charge in [-0.1, -0.05) is 467 Å². The Morgan fingerprint density at radius 3 is 0.647 bits per heavy atom. The molecule has 0 saturated carbocycles. The van der Waals surface area contributed by atoms with E-state index in [4.69, 9.17) is 42.6 Å². The Bertz CT molecular complexity index is 3110. The van der Waals surface area contributed by atoms with Crippen LogP contribution in [0.25, 0.3) is 0 Å².